The molecular weight excluding hydrogens is 312 g/mol. The summed E-state index contributed by atoms with van der Waals surface area (Å²) in [5, 5.41) is 4.64. The van der Waals surface area contributed by atoms with E-state index < -0.39 is 0 Å². The first kappa shape index (κ1) is 15.9. The summed E-state index contributed by atoms with van der Waals surface area (Å²) in [5.41, 5.74) is 4.27. The molecule has 0 amide bonds. The van der Waals surface area contributed by atoms with E-state index in [0.29, 0.717) is 11.9 Å². The summed E-state index contributed by atoms with van der Waals surface area (Å²) in [7, 11) is 0. The van der Waals surface area contributed by atoms with Gasteiger partial charge in [0.1, 0.15) is 5.69 Å². The van der Waals surface area contributed by atoms with Gasteiger partial charge in [-0.25, -0.2) is 9.97 Å². The molecule has 0 aliphatic carbocycles. The van der Waals surface area contributed by atoms with Crippen molar-refractivity contribution in [3.63, 3.8) is 0 Å². The van der Waals surface area contributed by atoms with E-state index in [1.54, 1.807) is 6.20 Å². The van der Waals surface area contributed by atoms with Crippen molar-refractivity contribution in [3.05, 3.63) is 59.8 Å². The Morgan fingerprint density at radius 3 is 2.64 bits per heavy atom. The fourth-order valence-corrected chi connectivity index (χ4v) is 3.49. The van der Waals surface area contributed by atoms with Crippen LogP contribution in [0.4, 0.5) is 0 Å². The maximum Gasteiger partial charge on any atom is 0.178 e. The third-order valence-electron chi connectivity index (χ3n) is 4.64. The normalized spacial score (nSPS) is 17.9. The lowest BCUT2D eigenvalue weighted by Gasteiger charge is -2.17. The average Bonchev–Trinajstić information content (AvgIpc) is 3.22. The van der Waals surface area contributed by atoms with Crippen molar-refractivity contribution in [3.8, 4) is 11.5 Å². The zero-order chi connectivity index (χ0) is 17.2. The van der Waals surface area contributed by atoms with Gasteiger partial charge in [-0.05, 0) is 38.5 Å². The van der Waals surface area contributed by atoms with Gasteiger partial charge in [-0.15, -0.1) is 0 Å². The van der Waals surface area contributed by atoms with E-state index in [9.17, 15) is 0 Å². The molecule has 1 aliphatic rings. The lowest BCUT2D eigenvalue weighted by atomic mass is 10.2. The van der Waals surface area contributed by atoms with Gasteiger partial charge in [0.2, 0.25) is 0 Å². The predicted molar refractivity (Wildman–Crippen MR) is 95.9 cm³/mol. The van der Waals surface area contributed by atoms with E-state index in [4.69, 9.17) is 0 Å². The van der Waals surface area contributed by atoms with E-state index in [0.717, 1.165) is 43.0 Å². The number of rotatable bonds is 4. The van der Waals surface area contributed by atoms with Crippen molar-refractivity contribution in [1.82, 2.24) is 29.6 Å². The van der Waals surface area contributed by atoms with Crippen LogP contribution in [0.2, 0.25) is 0 Å². The second-order valence-corrected chi connectivity index (χ2v) is 6.68. The number of likely N-dealkylation sites (tertiary alicyclic amines) is 1. The summed E-state index contributed by atoms with van der Waals surface area (Å²) in [6.45, 7) is 7.15. The van der Waals surface area contributed by atoms with E-state index in [1.807, 2.05) is 30.6 Å². The second-order valence-electron chi connectivity index (χ2n) is 6.68. The Kier molecular flexibility index (Phi) is 4.28. The van der Waals surface area contributed by atoms with E-state index in [-0.39, 0.29) is 0 Å². The summed E-state index contributed by atoms with van der Waals surface area (Å²) in [6, 6.07) is 8.37. The second kappa shape index (κ2) is 6.72. The van der Waals surface area contributed by atoms with Gasteiger partial charge < -0.3 is 0 Å². The molecule has 6 nitrogen and oxygen atoms in total. The van der Waals surface area contributed by atoms with Crippen LogP contribution in [-0.2, 0) is 6.54 Å². The molecule has 1 fully saturated rings. The van der Waals surface area contributed by atoms with Crippen molar-refractivity contribution in [2.45, 2.75) is 32.9 Å². The topological polar surface area (TPSA) is 59.7 Å². The maximum atomic E-state index is 4.64. The predicted octanol–water partition coefficient (Wildman–Crippen LogP) is 2.80. The zero-order valence-electron chi connectivity index (χ0n) is 14.6. The van der Waals surface area contributed by atoms with E-state index >= 15 is 0 Å². The van der Waals surface area contributed by atoms with Crippen LogP contribution in [0.5, 0.6) is 0 Å². The molecule has 0 N–H and O–H groups in total. The third-order valence-corrected chi connectivity index (χ3v) is 4.64. The van der Waals surface area contributed by atoms with Gasteiger partial charge in [-0.2, -0.15) is 5.10 Å². The number of nitrogens with zero attached hydrogens (tertiary/aromatic N) is 6. The average molecular weight is 334 g/mol. The van der Waals surface area contributed by atoms with Crippen LogP contribution in [0.3, 0.4) is 0 Å². The van der Waals surface area contributed by atoms with Gasteiger partial charge in [-0.1, -0.05) is 6.07 Å². The standard InChI is InChI=1S/C19H22N6/c1-14-9-15(2)25(23-14)17-6-8-24(13-17)12-16-10-21-19(22-11-16)18-5-3-4-7-20-18/h3-5,7,9-11,17H,6,8,12-13H2,1-2H3. The highest BCUT2D eigenvalue weighted by atomic mass is 15.3. The van der Waals surface area contributed by atoms with Crippen LogP contribution in [0.15, 0.2) is 42.9 Å². The molecule has 1 atom stereocenters. The fraction of sp³-hybridized carbons (Fsp3) is 0.368. The molecule has 0 radical (unpaired) electrons. The summed E-state index contributed by atoms with van der Waals surface area (Å²) >= 11 is 0. The van der Waals surface area contributed by atoms with Crippen LogP contribution >= 0.6 is 0 Å². The molecular formula is C19H22N6. The van der Waals surface area contributed by atoms with Gasteiger partial charge in [0.05, 0.1) is 11.7 Å². The van der Waals surface area contributed by atoms with Gasteiger partial charge >= 0.3 is 0 Å². The number of aryl methyl sites for hydroxylation is 2. The Bertz CT molecular complexity index is 840. The Labute approximate surface area is 147 Å². The number of hydrogen-bond acceptors (Lipinski definition) is 5. The molecule has 4 heterocycles. The maximum absolute atomic E-state index is 4.64. The summed E-state index contributed by atoms with van der Waals surface area (Å²) in [4.78, 5) is 15.7. The minimum atomic E-state index is 0.461. The summed E-state index contributed by atoms with van der Waals surface area (Å²) < 4.78 is 2.18. The first-order valence-corrected chi connectivity index (χ1v) is 8.66. The van der Waals surface area contributed by atoms with Crippen LogP contribution in [0.25, 0.3) is 11.5 Å². The van der Waals surface area contributed by atoms with Gasteiger partial charge in [-0.3, -0.25) is 14.6 Å². The van der Waals surface area contributed by atoms with Gasteiger partial charge in [0.15, 0.2) is 5.82 Å². The van der Waals surface area contributed by atoms with E-state index in [1.165, 1.54) is 5.69 Å². The largest absolute Gasteiger partial charge is 0.297 e. The monoisotopic (exact) mass is 334 g/mol. The first-order valence-electron chi connectivity index (χ1n) is 8.66. The fourth-order valence-electron chi connectivity index (χ4n) is 3.49. The van der Waals surface area contributed by atoms with Crippen molar-refractivity contribution >= 4 is 0 Å². The van der Waals surface area contributed by atoms with Crippen molar-refractivity contribution < 1.29 is 0 Å². The molecule has 0 bridgehead atoms. The molecule has 25 heavy (non-hydrogen) atoms. The quantitative estimate of drug-likeness (QED) is 0.734. The minimum Gasteiger partial charge on any atom is -0.297 e. The Hall–Kier alpha value is -2.60. The first-order chi connectivity index (χ1) is 12.2. The Morgan fingerprint density at radius 1 is 1.12 bits per heavy atom. The smallest absolute Gasteiger partial charge is 0.178 e. The van der Waals surface area contributed by atoms with Crippen LogP contribution in [-0.4, -0.2) is 42.7 Å². The highest BCUT2D eigenvalue weighted by Gasteiger charge is 2.25. The third kappa shape index (κ3) is 3.44. The van der Waals surface area contributed by atoms with Crippen molar-refractivity contribution in [2.75, 3.05) is 13.1 Å². The SMILES string of the molecule is Cc1cc(C)n(C2CCN(Cc3cnc(-c4ccccn4)nc3)C2)n1. The molecule has 1 saturated heterocycles. The van der Waals surface area contributed by atoms with Gasteiger partial charge in [0, 0.05) is 49.5 Å². The van der Waals surface area contributed by atoms with Crippen LogP contribution in [0, 0.1) is 13.8 Å². The molecule has 0 spiro atoms. The van der Waals surface area contributed by atoms with Crippen LogP contribution < -0.4 is 0 Å². The number of aromatic nitrogens is 5. The number of pyridine rings is 1. The summed E-state index contributed by atoms with van der Waals surface area (Å²) in [6.07, 6.45) is 6.71. The van der Waals surface area contributed by atoms with Crippen LogP contribution in [0.1, 0.15) is 29.4 Å². The molecule has 1 aliphatic heterocycles. The molecule has 1 unspecified atom stereocenters. The molecule has 3 aromatic rings. The number of hydrogen-bond donors (Lipinski definition) is 0. The minimum absolute atomic E-state index is 0.461. The Morgan fingerprint density at radius 2 is 1.96 bits per heavy atom. The summed E-state index contributed by atoms with van der Waals surface area (Å²) in [5.74, 6) is 0.672. The lowest BCUT2D eigenvalue weighted by Crippen LogP contribution is -2.22. The molecule has 6 heteroatoms. The zero-order valence-corrected chi connectivity index (χ0v) is 14.6. The van der Waals surface area contributed by atoms with Crippen molar-refractivity contribution in [2.24, 2.45) is 0 Å². The highest BCUT2D eigenvalue weighted by molar-refractivity contribution is 5.47. The lowest BCUT2D eigenvalue weighted by molar-refractivity contribution is 0.310. The molecule has 3 aromatic heterocycles. The Balaban J connectivity index is 1.41. The van der Waals surface area contributed by atoms with Gasteiger partial charge in [0.25, 0.3) is 0 Å². The molecule has 4 rings (SSSR count). The highest BCUT2D eigenvalue weighted by Crippen LogP contribution is 2.24. The molecule has 0 aromatic carbocycles. The molecule has 128 valence electrons. The van der Waals surface area contributed by atoms with E-state index in [2.05, 4.69) is 49.5 Å². The van der Waals surface area contributed by atoms with Crippen molar-refractivity contribution in [1.29, 1.82) is 0 Å². The molecule has 0 saturated carbocycles.